The van der Waals surface area contributed by atoms with Crippen molar-refractivity contribution in [1.29, 1.82) is 0 Å². The Morgan fingerprint density at radius 3 is 2.67 bits per heavy atom. The van der Waals surface area contributed by atoms with Gasteiger partial charge in [-0.2, -0.15) is 4.40 Å². The van der Waals surface area contributed by atoms with Gasteiger partial charge in [0.1, 0.15) is 11.0 Å². The molecule has 0 spiro atoms. The van der Waals surface area contributed by atoms with Gasteiger partial charge < -0.3 is 0 Å². The van der Waals surface area contributed by atoms with Crippen molar-refractivity contribution in [3.63, 3.8) is 0 Å². The molecule has 0 bridgehead atoms. The second kappa shape index (κ2) is 4.66. The van der Waals surface area contributed by atoms with E-state index in [-0.39, 0.29) is 4.75 Å². The molecule has 1 aromatic rings. The minimum absolute atomic E-state index is 0.340. The molecule has 0 heterocycles. The van der Waals surface area contributed by atoms with Crippen LogP contribution in [0.3, 0.4) is 0 Å². The lowest BCUT2D eigenvalue weighted by Crippen LogP contribution is -2.20. The monoisotopic (exact) mass is 260 g/mol. The van der Waals surface area contributed by atoms with Gasteiger partial charge in [0.05, 0.1) is 17.0 Å². The highest BCUT2D eigenvalue weighted by Gasteiger charge is 2.24. The first-order valence-electron chi connectivity index (χ1n) is 5.93. The minimum Gasteiger partial charge on any atom is -0.238 e. The molecule has 2 rings (SSSR count). The van der Waals surface area contributed by atoms with Crippen LogP contribution in [0, 0.1) is 6.57 Å². The third-order valence-electron chi connectivity index (χ3n) is 2.91. The summed E-state index contributed by atoms with van der Waals surface area (Å²) < 4.78 is 16.1. The average Bonchev–Trinajstić information content (AvgIpc) is 2.71. The molecule has 4 heteroatoms. The summed E-state index contributed by atoms with van der Waals surface area (Å²) >= 11 is 0. The van der Waals surface area contributed by atoms with E-state index in [2.05, 4.69) is 9.24 Å². The number of rotatable bonds is 1. The zero-order valence-corrected chi connectivity index (χ0v) is 11.7. The molecule has 0 fully saturated rings. The highest BCUT2D eigenvalue weighted by molar-refractivity contribution is 7.85. The Balaban J connectivity index is 2.42. The predicted octanol–water partition coefficient (Wildman–Crippen LogP) is 3.43. The summed E-state index contributed by atoms with van der Waals surface area (Å²) in [6.07, 6.45) is 1.61. The van der Waals surface area contributed by atoms with Gasteiger partial charge in [0.25, 0.3) is 0 Å². The zero-order chi connectivity index (χ0) is 13.3. The van der Waals surface area contributed by atoms with Gasteiger partial charge in [-0.3, -0.25) is 0 Å². The van der Waals surface area contributed by atoms with E-state index in [1.54, 1.807) is 0 Å². The second-order valence-corrected chi connectivity index (χ2v) is 7.22. The lowest BCUT2D eigenvalue weighted by Gasteiger charge is -2.14. The normalized spacial score (nSPS) is 18.4. The van der Waals surface area contributed by atoms with Crippen LogP contribution >= 0.6 is 0 Å². The van der Waals surface area contributed by atoms with Crippen LogP contribution in [0.1, 0.15) is 38.3 Å². The Kier molecular flexibility index (Phi) is 3.36. The molecular weight excluding hydrogens is 244 g/mol. The van der Waals surface area contributed by atoms with Crippen LogP contribution in [-0.4, -0.2) is 14.7 Å². The Hall–Kier alpha value is -1.47. The molecule has 3 nitrogen and oxygen atoms in total. The van der Waals surface area contributed by atoms with E-state index in [1.807, 2.05) is 39.0 Å². The fourth-order valence-corrected chi connectivity index (χ4v) is 2.59. The van der Waals surface area contributed by atoms with Crippen molar-refractivity contribution in [2.45, 2.75) is 38.4 Å². The van der Waals surface area contributed by atoms with E-state index in [0.29, 0.717) is 5.69 Å². The first-order valence-corrected chi connectivity index (χ1v) is 7.03. The molecule has 0 saturated heterocycles. The summed E-state index contributed by atoms with van der Waals surface area (Å²) in [7, 11) is -1.23. The largest absolute Gasteiger partial charge is 0.238 e. The van der Waals surface area contributed by atoms with E-state index >= 15 is 0 Å². The lowest BCUT2D eigenvalue weighted by molar-refractivity contribution is 0.650. The summed E-state index contributed by atoms with van der Waals surface area (Å²) in [6.45, 7) is 12.9. The molecule has 0 N–H and O–H groups in total. The van der Waals surface area contributed by atoms with Crippen molar-refractivity contribution in [2.75, 3.05) is 0 Å². The lowest BCUT2D eigenvalue weighted by atomic mass is 10.1. The van der Waals surface area contributed by atoms with Crippen molar-refractivity contribution in [1.82, 2.24) is 0 Å². The number of hydrogen-bond donors (Lipinski definition) is 0. The SMILES string of the molecule is [C-]#[N+]c1cccc2c1CC/C2=N\[S@](=O)C(C)(C)C. The minimum atomic E-state index is -1.23. The van der Waals surface area contributed by atoms with Gasteiger partial charge in [-0.1, -0.05) is 18.2 Å². The summed E-state index contributed by atoms with van der Waals surface area (Å²) in [6, 6.07) is 5.66. The highest BCUT2D eigenvalue weighted by atomic mass is 32.2. The first kappa shape index (κ1) is 13.0. The maximum Gasteiger partial charge on any atom is 0.191 e. The Morgan fingerprint density at radius 2 is 2.06 bits per heavy atom. The molecule has 0 amide bonds. The average molecular weight is 260 g/mol. The summed E-state index contributed by atoms with van der Waals surface area (Å²) in [4.78, 5) is 3.52. The smallest absolute Gasteiger partial charge is 0.191 e. The van der Waals surface area contributed by atoms with Crippen LogP contribution in [0.25, 0.3) is 4.85 Å². The quantitative estimate of drug-likeness (QED) is 0.712. The van der Waals surface area contributed by atoms with Crippen LogP contribution in [0.15, 0.2) is 22.6 Å². The highest BCUT2D eigenvalue weighted by Crippen LogP contribution is 2.31. The van der Waals surface area contributed by atoms with Crippen molar-refractivity contribution in [3.8, 4) is 0 Å². The van der Waals surface area contributed by atoms with Crippen LogP contribution in [0.5, 0.6) is 0 Å². The molecule has 1 aromatic carbocycles. The van der Waals surface area contributed by atoms with Gasteiger partial charge in [-0.25, -0.2) is 9.05 Å². The van der Waals surface area contributed by atoms with E-state index in [0.717, 1.165) is 29.7 Å². The standard InChI is InChI=1S/C14H16N2OS/c1-14(2,3)18(17)16-13-9-8-11-10(13)6-5-7-12(11)15-4/h5-7H,8-9H2,1-3H3/b16-13+/t18-/m1/s1. The Labute approximate surface area is 110 Å². The molecule has 1 aliphatic rings. The van der Waals surface area contributed by atoms with Gasteiger partial charge in [-0.05, 0) is 44.7 Å². The molecule has 1 aliphatic carbocycles. The predicted molar refractivity (Wildman–Crippen MR) is 75.5 cm³/mol. The molecule has 1 atom stereocenters. The van der Waals surface area contributed by atoms with Crippen molar-refractivity contribution in [3.05, 3.63) is 40.7 Å². The zero-order valence-electron chi connectivity index (χ0n) is 10.9. The topological polar surface area (TPSA) is 33.8 Å². The van der Waals surface area contributed by atoms with Crippen molar-refractivity contribution < 1.29 is 4.21 Å². The van der Waals surface area contributed by atoms with Crippen LogP contribution in [-0.2, 0) is 17.4 Å². The van der Waals surface area contributed by atoms with E-state index in [1.165, 1.54) is 0 Å². The van der Waals surface area contributed by atoms with Crippen molar-refractivity contribution in [2.24, 2.45) is 4.40 Å². The number of benzene rings is 1. The van der Waals surface area contributed by atoms with Crippen molar-refractivity contribution >= 4 is 22.4 Å². The third kappa shape index (κ3) is 2.37. The fourth-order valence-electron chi connectivity index (χ4n) is 1.92. The van der Waals surface area contributed by atoms with Gasteiger partial charge >= 0.3 is 0 Å². The molecule has 0 aromatic heterocycles. The molecule has 18 heavy (non-hydrogen) atoms. The molecule has 94 valence electrons. The maximum absolute atomic E-state index is 12.0. The molecule has 0 aliphatic heterocycles. The Bertz CT molecular complexity index is 576. The summed E-state index contributed by atoms with van der Waals surface area (Å²) in [5.41, 5.74) is 3.63. The number of fused-ring (bicyclic) bond motifs is 1. The molecule has 0 unspecified atom stereocenters. The van der Waals surface area contributed by atoms with Gasteiger partial charge in [0.15, 0.2) is 5.69 Å². The maximum atomic E-state index is 12.0. The Morgan fingerprint density at radius 1 is 1.33 bits per heavy atom. The summed E-state index contributed by atoms with van der Waals surface area (Å²) in [5, 5.41) is 0. The van der Waals surface area contributed by atoms with Gasteiger partial charge in [0.2, 0.25) is 0 Å². The molecule has 0 radical (unpaired) electrons. The second-order valence-electron chi connectivity index (χ2n) is 5.31. The van der Waals surface area contributed by atoms with E-state index in [4.69, 9.17) is 6.57 Å². The summed E-state index contributed by atoms with van der Waals surface area (Å²) in [5.74, 6) is 0. The third-order valence-corrected chi connectivity index (χ3v) is 4.35. The molecular formula is C14H16N2OS. The van der Waals surface area contributed by atoms with Crippen LogP contribution in [0.4, 0.5) is 5.69 Å². The molecule has 0 saturated carbocycles. The van der Waals surface area contributed by atoms with E-state index in [9.17, 15) is 4.21 Å². The van der Waals surface area contributed by atoms with Crippen LogP contribution < -0.4 is 0 Å². The number of hydrogen-bond acceptors (Lipinski definition) is 1. The fraction of sp³-hybridized carbons (Fsp3) is 0.429. The number of nitrogens with zero attached hydrogens (tertiary/aromatic N) is 2. The van der Waals surface area contributed by atoms with Gasteiger partial charge in [-0.15, -0.1) is 0 Å². The van der Waals surface area contributed by atoms with E-state index < -0.39 is 11.0 Å². The van der Waals surface area contributed by atoms with Crippen LogP contribution in [0.2, 0.25) is 0 Å². The van der Waals surface area contributed by atoms with Gasteiger partial charge in [0, 0.05) is 0 Å². The first-order chi connectivity index (χ1) is 8.43.